The van der Waals surface area contributed by atoms with Crippen LogP contribution in [0.15, 0.2) is 48.5 Å². The molecule has 1 N–H and O–H groups in total. The fraction of sp³-hybridized carbons (Fsp3) is 0.263. The van der Waals surface area contributed by atoms with Gasteiger partial charge in [0.1, 0.15) is 11.6 Å². The number of ether oxygens (including phenoxy) is 2. The summed E-state index contributed by atoms with van der Waals surface area (Å²) in [5.41, 5.74) is 1.40. The van der Waals surface area contributed by atoms with Crippen LogP contribution in [0, 0.1) is 12.7 Å². The Hall–Kier alpha value is -2.89. The first-order valence-electron chi connectivity index (χ1n) is 7.90. The van der Waals surface area contributed by atoms with Crippen molar-refractivity contribution >= 4 is 17.6 Å². The van der Waals surface area contributed by atoms with Gasteiger partial charge in [0.05, 0.1) is 13.0 Å². The number of para-hydroxylation sites is 1. The molecule has 1 atom stereocenters. The Kier molecular flexibility index (Phi) is 6.51. The molecular formula is C19H20FNO4. The molecule has 5 nitrogen and oxygen atoms in total. The van der Waals surface area contributed by atoms with Gasteiger partial charge < -0.3 is 14.8 Å². The van der Waals surface area contributed by atoms with Crippen LogP contribution in [-0.2, 0) is 14.3 Å². The van der Waals surface area contributed by atoms with Crippen molar-refractivity contribution in [2.45, 2.75) is 26.4 Å². The fourth-order valence-corrected chi connectivity index (χ4v) is 2.05. The van der Waals surface area contributed by atoms with Crippen molar-refractivity contribution in [1.29, 1.82) is 0 Å². The first-order chi connectivity index (χ1) is 12.0. The molecule has 0 unspecified atom stereocenters. The van der Waals surface area contributed by atoms with Crippen LogP contribution in [-0.4, -0.2) is 24.6 Å². The lowest BCUT2D eigenvalue weighted by Crippen LogP contribution is -2.30. The van der Waals surface area contributed by atoms with E-state index in [0.29, 0.717) is 11.4 Å². The van der Waals surface area contributed by atoms with Crippen molar-refractivity contribution in [3.63, 3.8) is 0 Å². The van der Waals surface area contributed by atoms with Gasteiger partial charge in [-0.1, -0.05) is 18.2 Å². The van der Waals surface area contributed by atoms with Crippen molar-refractivity contribution in [3.8, 4) is 5.75 Å². The molecule has 0 bridgehead atoms. The first-order valence-corrected chi connectivity index (χ1v) is 7.90. The van der Waals surface area contributed by atoms with Crippen molar-refractivity contribution < 1.29 is 23.5 Å². The van der Waals surface area contributed by atoms with E-state index in [0.717, 1.165) is 5.56 Å². The molecule has 1 amide bonds. The Morgan fingerprint density at radius 2 is 1.80 bits per heavy atom. The summed E-state index contributed by atoms with van der Waals surface area (Å²) in [7, 11) is 0. The lowest BCUT2D eigenvalue weighted by Gasteiger charge is -2.14. The molecule has 6 heteroatoms. The largest absolute Gasteiger partial charge is 0.493 e. The van der Waals surface area contributed by atoms with Crippen molar-refractivity contribution in [3.05, 3.63) is 59.9 Å². The molecule has 0 heterocycles. The third-order valence-corrected chi connectivity index (χ3v) is 3.45. The number of hydrogen-bond acceptors (Lipinski definition) is 4. The predicted octanol–water partition coefficient (Wildman–Crippen LogP) is 3.47. The number of anilines is 1. The van der Waals surface area contributed by atoms with Crippen LogP contribution in [0.25, 0.3) is 0 Å². The van der Waals surface area contributed by atoms with E-state index in [9.17, 15) is 14.0 Å². The number of esters is 1. The number of hydrogen-bond donors (Lipinski definition) is 1. The van der Waals surface area contributed by atoms with E-state index >= 15 is 0 Å². The highest BCUT2D eigenvalue weighted by Crippen LogP contribution is 2.16. The van der Waals surface area contributed by atoms with E-state index in [1.54, 1.807) is 0 Å². The van der Waals surface area contributed by atoms with E-state index in [1.165, 1.54) is 31.2 Å². The molecule has 2 aromatic carbocycles. The summed E-state index contributed by atoms with van der Waals surface area (Å²) in [5, 5.41) is 2.55. The Morgan fingerprint density at radius 1 is 1.12 bits per heavy atom. The Labute approximate surface area is 145 Å². The average Bonchev–Trinajstić information content (AvgIpc) is 2.58. The zero-order valence-electron chi connectivity index (χ0n) is 14.1. The number of amides is 1. The number of benzene rings is 2. The van der Waals surface area contributed by atoms with Crippen LogP contribution in [0.1, 0.15) is 18.9 Å². The van der Waals surface area contributed by atoms with Crippen LogP contribution in [0.3, 0.4) is 0 Å². The molecule has 2 rings (SSSR count). The smallest absolute Gasteiger partial charge is 0.310 e. The van der Waals surface area contributed by atoms with Gasteiger partial charge in [-0.3, -0.25) is 9.59 Å². The number of carbonyl (C=O) groups excluding carboxylic acids is 2. The molecule has 132 valence electrons. The third kappa shape index (κ3) is 5.91. The van der Waals surface area contributed by atoms with Gasteiger partial charge in [0, 0.05) is 5.69 Å². The lowest BCUT2D eigenvalue weighted by molar-refractivity contribution is -0.153. The Morgan fingerprint density at radius 3 is 2.48 bits per heavy atom. The highest BCUT2D eigenvalue weighted by atomic mass is 19.1. The average molecular weight is 345 g/mol. The zero-order chi connectivity index (χ0) is 18.2. The van der Waals surface area contributed by atoms with Gasteiger partial charge in [0.25, 0.3) is 5.91 Å². The highest BCUT2D eigenvalue weighted by Gasteiger charge is 2.18. The lowest BCUT2D eigenvalue weighted by atomic mass is 10.2. The topological polar surface area (TPSA) is 64.6 Å². The van der Waals surface area contributed by atoms with Gasteiger partial charge >= 0.3 is 5.97 Å². The molecule has 0 fully saturated rings. The van der Waals surface area contributed by atoms with Crippen LogP contribution in [0.5, 0.6) is 5.75 Å². The van der Waals surface area contributed by atoms with Gasteiger partial charge in [-0.05, 0) is 49.7 Å². The summed E-state index contributed by atoms with van der Waals surface area (Å²) in [6, 6.07) is 12.8. The monoisotopic (exact) mass is 345 g/mol. The molecule has 25 heavy (non-hydrogen) atoms. The minimum absolute atomic E-state index is 0.0303. The van der Waals surface area contributed by atoms with E-state index in [-0.39, 0.29) is 13.0 Å². The minimum atomic E-state index is -0.962. The summed E-state index contributed by atoms with van der Waals surface area (Å²) in [4.78, 5) is 23.8. The number of rotatable bonds is 7. The number of aryl methyl sites for hydroxylation is 1. The molecule has 0 aliphatic heterocycles. The summed E-state index contributed by atoms with van der Waals surface area (Å²) in [6.07, 6.45) is -0.932. The standard InChI is InChI=1S/C19H20FNO4/c1-13-5-3-4-6-17(13)24-12-11-18(22)25-14(2)19(23)21-16-9-7-15(20)8-10-16/h3-10,14H,11-12H2,1-2H3,(H,21,23)/t14-/m1/s1. The second kappa shape index (κ2) is 8.82. The summed E-state index contributed by atoms with van der Waals surface area (Å²) >= 11 is 0. The van der Waals surface area contributed by atoms with Crippen molar-refractivity contribution in [2.75, 3.05) is 11.9 Å². The van der Waals surface area contributed by atoms with E-state index in [4.69, 9.17) is 9.47 Å². The van der Waals surface area contributed by atoms with Gasteiger partial charge in [-0.2, -0.15) is 0 Å². The maximum absolute atomic E-state index is 12.8. The van der Waals surface area contributed by atoms with Crippen LogP contribution in [0.4, 0.5) is 10.1 Å². The summed E-state index contributed by atoms with van der Waals surface area (Å²) < 4.78 is 23.4. The SMILES string of the molecule is Cc1ccccc1OCCC(=O)O[C@H](C)C(=O)Nc1ccc(F)cc1. The zero-order valence-corrected chi connectivity index (χ0v) is 14.1. The summed E-state index contributed by atoms with van der Waals surface area (Å²) in [6.45, 7) is 3.55. The molecule has 2 aromatic rings. The molecule has 0 saturated carbocycles. The Balaban J connectivity index is 1.74. The summed E-state index contributed by atoms with van der Waals surface area (Å²) in [5.74, 6) is -0.710. The maximum Gasteiger partial charge on any atom is 0.310 e. The van der Waals surface area contributed by atoms with Gasteiger partial charge in [-0.15, -0.1) is 0 Å². The van der Waals surface area contributed by atoms with Crippen LogP contribution >= 0.6 is 0 Å². The molecule has 0 spiro atoms. The number of carbonyl (C=O) groups is 2. The highest BCUT2D eigenvalue weighted by molar-refractivity contribution is 5.95. The van der Waals surface area contributed by atoms with Crippen LogP contribution in [0.2, 0.25) is 0 Å². The van der Waals surface area contributed by atoms with Crippen molar-refractivity contribution in [1.82, 2.24) is 0 Å². The number of halogens is 1. The van der Waals surface area contributed by atoms with E-state index < -0.39 is 23.8 Å². The molecule has 0 aliphatic carbocycles. The normalized spacial score (nSPS) is 11.5. The fourth-order valence-electron chi connectivity index (χ4n) is 2.05. The third-order valence-electron chi connectivity index (χ3n) is 3.45. The van der Waals surface area contributed by atoms with E-state index in [2.05, 4.69) is 5.32 Å². The molecule has 0 aromatic heterocycles. The van der Waals surface area contributed by atoms with E-state index in [1.807, 2.05) is 31.2 Å². The minimum Gasteiger partial charge on any atom is -0.493 e. The van der Waals surface area contributed by atoms with Gasteiger partial charge in [0.15, 0.2) is 6.10 Å². The second-order valence-corrected chi connectivity index (χ2v) is 5.49. The quantitative estimate of drug-likeness (QED) is 0.781. The molecule has 0 saturated heterocycles. The molecule has 0 aliphatic rings. The van der Waals surface area contributed by atoms with Crippen molar-refractivity contribution in [2.24, 2.45) is 0 Å². The molecular weight excluding hydrogens is 325 g/mol. The predicted molar refractivity (Wildman–Crippen MR) is 91.9 cm³/mol. The second-order valence-electron chi connectivity index (χ2n) is 5.49. The van der Waals surface area contributed by atoms with Crippen LogP contribution < -0.4 is 10.1 Å². The maximum atomic E-state index is 12.8. The van der Waals surface area contributed by atoms with Gasteiger partial charge in [-0.25, -0.2) is 4.39 Å². The molecule has 0 radical (unpaired) electrons. The Bertz CT molecular complexity index is 730. The number of nitrogens with one attached hydrogen (secondary N) is 1. The first kappa shape index (κ1) is 18.4. The van der Waals surface area contributed by atoms with Gasteiger partial charge in [0.2, 0.25) is 0 Å².